The first-order valence-corrected chi connectivity index (χ1v) is 7.25. The van der Waals surface area contributed by atoms with Crippen molar-refractivity contribution in [3.8, 4) is 11.5 Å². The maximum atomic E-state index is 12.9. The number of amides is 1. The van der Waals surface area contributed by atoms with E-state index in [1.807, 2.05) is 0 Å². The number of halogens is 2. The number of rotatable bonds is 3. The zero-order valence-electron chi connectivity index (χ0n) is 10.4. The molecule has 1 aromatic heterocycles. The molecule has 7 heteroatoms. The second-order valence-electron chi connectivity index (χ2n) is 4.63. The molecule has 3 rings (SSSR count). The molecule has 0 aliphatic carbocycles. The predicted octanol–water partition coefficient (Wildman–Crippen LogP) is 2.62. The summed E-state index contributed by atoms with van der Waals surface area (Å²) in [6.45, 7) is 0.565. The average molecular weight is 340 g/mol. The maximum Gasteiger partial charge on any atom is 0.325 e. The molecule has 1 fully saturated rings. The summed E-state index contributed by atoms with van der Waals surface area (Å²) in [5.74, 6) is 0.172. The van der Waals surface area contributed by atoms with Crippen molar-refractivity contribution < 1.29 is 13.6 Å². The van der Waals surface area contributed by atoms with Gasteiger partial charge >= 0.3 is 6.01 Å². The first-order chi connectivity index (χ1) is 9.67. The van der Waals surface area contributed by atoms with Crippen molar-refractivity contribution in [1.29, 1.82) is 0 Å². The van der Waals surface area contributed by atoms with Crippen molar-refractivity contribution in [1.82, 2.24) is 10.2 Å². The van der Waals surface area contributed by atoms with E-state index in [1.54, 1.807) is 12.1 Å². The van der Waals surface area contributed by atoms with Crippen LogP contribution in [0.3, 0.4) is 0 Å². The first-order valence-electron chi connectivity index (χ1n) is 6.13. The highest BCUT2D eigenvalue weighted by atomic mass is 79.9. The molecule has 0 radical (unpaired) electrons. The summed E-state index contributed by atoms with van der Waals surface area (Å²) < 4.78 is 18.4. The number of carbonyl (C=O) groups excluding carboxylic acids is 1. The van der Waals surface area contributed by atoms with E-state index in [0.717, 1.165) is 5.33 Å². The molecule has 2 heterocycles. The van der Waals surface area contributed by atoms with Crippen molar-refractivity contribution in [3.63, 3.8) is 0 Å². The normalized spacial score (nSPS) is 18.8. The fourth-order valence-corrected chi connectivity index (χ4v) is 2.54. The summed E-state index contributed by atoms with van der Waals surface area (Å²) in [5, 5.41) is 8.55. The lowest BCUT2D eigenvalue weighted by atomic mass is 10.2. The molecule has 1 aliphatic rings. The Morgan fingerprint density at radius 3 is 2.75 bits per heavy atom. The lowest BCUT2D eigenvalue weighted by Crippen LogP contribution is -2.24. The van der Waals surface area contributed by atoms with E-state index in [0.29, 0.717) is 18.5 Å². The van der Waals surface area contributed by atoms with E-state index < -0.39 is 0 Å². The Hall–Kier alpha value is -1.76. The van der Waals surface area contributed by atoms with Gasteiger partial charge in [-0.3, -0.25) is 9.69 Å². The molecule has 2 aromatic rings. The summed E-state index contributed by atoms with van der Waals surface area (Å²) >= 11 is 3.37. The molecule has 1 amide bonds. The van der Waals surface area contributed by atoms with Gasteiger partial charge in [0.2, 0.25) is 11.8 Å². The highest BCUT2D eigenvalue weighted by molar-refractivity contribution is 9.09. The molecule has 1 aliphatic heterocycles. The van der Waals surface area contributed by atoms with Crippen LogP contribution < -0.4 is 4.90 Å². The second kappa shape index (κ2) is 5.32. The molecule has 104 valence electrons. The van der Waals surface area contributed by atoms with Gasteiger partial charge in [0, 0.05) is 23.9 Å². The van der Waals surface area contributed by atoms with E-state index in [1.165, 1.54) is 17.0 Å². The first kappa shape index (κ1) is 13.2. The Labute approximate surface area is 122 Å². The smallest absolute Gasteiger partial charge is 0.325 e. The van der Waals surface area contributed by atoms with Crippen LogP contribution in [0.25, 0.3) is 11.5 Å². The molecular weight excluding hydrogens is 329 g/mol. The summed E-state index contributed by atoms with van der Waals surface area (Å²) in [7, 11) is 0. The summed E-state index contributed by atoms with van der Waals surface area (Å²) in [4.78, 5) is 13.4. The van der Waals surface area contributed by atoms with Gasteiger partial charge < -0.3 is 4.42 Å². The molecule has 1 saturated heterocycles. The van der Waals surface area contributed by atoms with E-state index in [2.05, 4.69) is 26.1 Å². The van der Waals surface area contributed by atoms with Crippen LogP contribution in [0.4, 0.5) is 10.4 Å². The topological polar surface area (TPSA) is 59.2 Å². The maximum absolute atomic E-state index is 12.9. The summed E-state index contributed by atoms with van der Waals surface area (Å²) in [6, 6.07) is 5.94. The highest BCUT2D eigenvalue weighted by Gasteiger charge is 2.33. The van der Waals surface area contributed by atoms with Gasteiger partial charge in [-0.05, 0) is 30.2 Å². The Bertz CT molecular complexity index is 629. The minimum absolute atomic E-state index is 0.0243. The third kappa shape index (κ3) is 2.45. The minimum atomic E-state index is -0.330. The standard InChI is InChI=1S/C13H11BrFN3O2/c14-6-8-5-11(19)18(7-8)13-17-16-12(20-13)9-1-3-10(15)4-2-9/h1-4,8H,5-7H2. The second-order valence-corrected chi connectivity index (χ2v) is 5.27. The largest absolute Gasteiger partial charge is 0.403 e. The van der Waals surface area contributed by atoms with Crippen LogP contribution in [0.15, 0.2) is 28.7 Å². The van der Waals surface area contributed by atoms with Crippen molar-refractivity contribution in [2.75, 3.05) is 16.8 Å². The SMILES string of the molecule is O=C1CC(CBr)CN1c1nnc(-c2ccc(F)cc2)o1. The van der Waals surface area contributed by atoms with E-state index in [4.69, 9.17) is 4.42 Å². The zero-order chi connectivity index (χ0) is 14.1. The van der Waals surface area contributed by atoms with Crippen LogP contribution in [0.2, 0.25) is 0 Å². The van der Waals surface area contributed by atoms with Crippen molar-refractivity contribution in [2.24, 2.45) is 5.92 Å². The van der Waals surface area contributed by atoms with Gasteiger partial charge in [0.05, 0.1) is 0 Å². The highest BCUT2D eigenvalue weighted by Crippen LogP contribution is 2.27. The Morgan fingerprint density at radius 1 is 1.35 bits per heavy atom. The lowest BCUT2D eigenvalue weighted by molar-refractivity contribution is -0.117. The molecule has 20 heavy (non-hydrogen) atoms. The van der Waals surface area contributed by atoms with E-state index in [9.17, 15) is 9.18 Å². The molecular formula is C13H11BrFN3O2. The Morgan fingerprint density at radius 2 is 2.10 bits per heavy atom. The number of hydrogen-bond acceptors (Lipinski definition) is 4. The molecule has 1 atom stereocenters. The average Bonchev–Trinajstić information content (AvgIpc) is 3.06. The van der Waals surface area contributed by atoms with E-state index in [-0.39, 0.29) is 29.5 Å². The minimum Gasteiger partial charge on any atom is -0.403 e. The van der Waals surface area contributed by atoms with Crippen molar-refractivity contribution >= 4 is 27.9 Å². The molecule has 1 unspecified atom stereocenters. The number of hydrogen-bond donors (Lipinski definition) is 0. The molecule has 1 aromatic carbocycles. The van der Waals surface area contributed by atoms with Gasteiger partial charge in [-0.15, -0.1) is 5.10 Å². The van der Waals surface area contributed by atoms with Gasteiger partial charge in [-0.2, -0.15) is 0 Å². The van der Waals surface area contributed by atoms with Crippen LogP contribution in [-0.4, -0.2) is 28.0 Å². The number of aromatic nitrogens is 2. The number of anilines is 1. The van der Waals surface area contributed by atoms with Crippen LogP contribution in [0.5, 0.6) is 0 Å². The van der Waals surface area contributed by atoms with Gasteiger partial charge in [0.15, 0.2) is 0 Å². The predicted molar refractivity (Wildman–Crippen MR) is 73.9 cm³/mol. The molecule has 0 bridgehead atoms. The summed E-state index contributed by atoms with van der Waals surface area (Å²) in [5.41, 5.74) is 0.619. The Balaban J connectivity index is 1.83. The number of carbonyl (C=O) groups is 1. The van der Waals surface area contributed by atoms with Crippen molar-refractivity contribution in [3.05, 3.63) is 30.1 Å². The van der Waals surface area contributed by atoms with Crippen molar-refractivity contribution in [2.45, 2.75) is 6.42 Å². The third-order valence-electron chi connectivity index (χ3n) is 3.16. The summed E-state index contributed by atoms with van der Waals surface area (Å²) in [6.07, 6.45) is 0.472. The lowest BCUT2D eigenvalue weighted by Gasteiger charge is -2.09. The number of alkyl halides is 1. The number of nitrogens with zero attached hydrogens (tertiary/aromatic N) is 3. The molecule has 0 spiro atoms. The van der Waals surface area contributed by atoms with Crippen LogP contribution in [-0.2, 0) is 4.79 Å². The quantitative estimate of drug-likeness (QED) is 0.806. The van der Waals surface area contributed by atoms with Crippen LogP contribution in [0, 0.1) is 11.7 Å². The Kier molecular flexibility index (Phi) is 3.52. The third-order valence-corrected chi connectivity index (χ3v) is 4.08. The van der Waals surface area contributed by atoms with Gasteiger partial charge in [-0.25, -0.2) is 4.39 Å². The monoisotopic (exact) mass is 339 g/mol. The molecule has 0 saturated carbocycles. The van der Waals surface area contributed by atoms with Gasteiger partial charge in [-0.1, -0.05) is 21.0 Å². The fraction of sp³-hybridized carbons (Fsp3) is 0.308. The van der Waals surface area contributed by atoms with E-state index >= 15 is 0 Å². The van der Waals surface area contributed by atoms with Crippen LogP contribution in [0.1, 0.15) is 6.42 Å². The van der Waals surface area contributed by atoms with Gasteiger partial charge in [0.1, 0.15) is 5.82 Å². The number of benzene rings is 1. The fourth-order valence-electron chi connectivity index (χ4n) is 2.10. The molecule has 0 N–H and O–H groups in total. The zero-order valence-corrected chi connectivity index (χ0v) is 12.0. The van der Waals surface area contributed by atoms with Crippen LogP contribution >= 0.6 is 15.9 Å². The molecule has 5 nitrogen and oxygen atoms in total. The van der Waals surface area contributed by atoms with Gasteiger partial charge in [0.25, 0.3) is 0 Å².